The van der Waals surface area contributed by atoms with Gasteiger partial charge in [0, 0.05) is 53.1 Å². The van der Waals surface area contributed by atoms with Gasteiger partial charge in [-0.25, -0.2) is 15.0 Å². The normalized spacial score (nSPS) is 10.7. The number of hydrogen-bond acceptors (Lipinski definition) is 5. The van der Waals surface area contributed by atoms with E-state index >= 15 is 0 Å². The smallest absolute Gasteiger partial charge is 0.258 e. The zero-order valence-electron chi connectivity index (χ0n) is 13.9. The van der Waals surface area contributed by atoms with Crippen LogP contribution in [0.25, 0.3) is 22.2 Å². The largest absolute Gasteiger partial charge is 0.496 e. The zero-order valence-corrected chi connectivity index (χ0v) is 13.9. The first-order valence-corrected chi connectivity index (χ1v) is 7.92. The van der Waals surface area contributed by atoms with E-state index < -0.39 is 0 Å². The van der Waals surface area contributed by atoms with Gasteiger partial charge in [-0.1, -0.05) is 0 Å². The molecule has 0 bridgehead atoms. The predicted molar refractivity (Wildman–Crippen MR) is 98.1 cm³/mol. The number of carbonyl (C=O) groups excluding carboxylic acids is 1. The van der Waals surface area contributed by atoms with Crippen molar-refractivity contribution in [3.05, 3.63) is 67.0 Å². The van der Waals surface area contributed by atoms with E-state index in [1.165, 1.54) is 18.7 Å². The summed E-state index contributed by atoms with van der Waals surface area (Å²) in [4.78, 5) is 27.4. The molecule has 4 aromatic rings. The highest BCUT2D eigenvalue weighted by Crippen LogP contribution is 2.33. The summed E-state index contributed by atoms with van der Waals surface area (Å²) in [6.45, 7) is 0. The van der Waals surface area contributed by atoms with E-state index in [9.17, 15) is 4.79 Å². The molecule has 3 heterocycles. The minimum atomic E-state index is -0.282. The highest BCUT2D eigenvalue weighted by molar-refractivity contribution is 6.04. The van der Waals surface area contributed by atoms with Gasteiger partial charge < -0.3 is 15.0 Å². The van der Waals surface area contributed by atoms with Gasteiger partial charge in [0.1, 0.15) is 17.7 Å². The second kappa shape index (κ2) is 6.64. The van der Waals surface area contributed by atoms with Crippen molar-refractivity contribution in [2.24, 2.45) is 0 Å². The number of nitrogens with one attached hydrogen (secondary N) is 2. The molecule has 0 saturated heterocycles. The van der Waals surface area contributed by atoms with Crippen LogP contribution >= 0.6 is 0 Å². The number of anilines is 1. The van der Waals surface area contributed by atoms with Gasteiger partial charge in [0.05, 0.1) is 12.7 Å². The lowest BCUT2D eigenvalue weighted by molar-refractivity contribution is 0.102. The molecule has 0 aliphatic heterocycles. The Morgan fingerprint density at radius 3 is 2.77 bits per heavy atom. The molecular formula is C19H15N5O2. The molecule has 0 fully saturated rings. The number of H-pyrrole nitrogens is 1. The maximum Gasteiger partial charge on any atom is 0.258 e. The van der Waals surface area contributed by atoms with Crippen molar-refractivity contribution in [3.63, 3.8) is 0 Å². The number of aromatic nitrogens is 4. The molecular weight excluding hydrogens is 330 g/mol. The molecule has 0 saturated carbocycles. The van der Waals surface area contributed by atoms with E-state index in [-0.39, 0.29) is 5.91 Å². The van der Waals surface area contributed by atoms with Crippen LogP contribution in [0.3, 0.4) is 0 Å². The van der Waals surface area contributed by atoms with E-state index in [0.717, 1.165) is 22.2 Å². The molecule has 0 unspecified atom stereocenters. The third-order valence-electron chi connectivity index (χ3n) is 3.99. The number of benzene rings is 1. The van der Waals surface area contributed by atoms with Crippen LogP contribution in [0.4, 0.5) is 5.69 Å². The van der Waals surface area contributed by atoms with Gasteiger partial charge >= 0.3 is 0 Å². The Hall–Kier alpha value is -3.74. The lowest BCUT2D eigenvalue weighted by Gasteiger charge is -2.12. The average molecular weight is 345 g/mol. The lowest BCUT2D eigenvalue weighted by Crippen LogP contribution is -2.12. The predicted octanol–water partition coefficient (Wildman–Crippen LogP) is 3.28. The summed E-state index contributed by atoms with van der Waals surface area (Å²) >= 11 is 0. The number of aromatic amines is 1. The number of methoxy groups -OCH3 is 1. The Bertz CT molecular complexity index is 1080. The van der Waals surface area contributed by atoms with Gasteiger partial charge in [-0.3, -0.25) is 4.79 Å². The minimum absolute atomic E-state index is 0.282. The van der Waals surface area contributed by atoms with E-state index in [4.69, 9.17) is 4.74 Å². The summed E-state index contributed by atoms with van der Waals surface area (Å²) in [7, 11) is 1.59. The highest BCUT2D eigenvalue weighted by atomic mass is 16.5. The van der Waals surface area contributed by atoms with Crippen LogP contribution in [-0.2, 0) is 0 Å². The van der Waals surface area contributed by atoms with E-state index in [1.807, 2.05) is 30.5 Å². The number of rotatable bonds is 4. The van der Waals surface area contributed by atoms with Gasteiger partial charge in [0.25, 0.3) is 5.91 Å². The monoisotopic (exact) mass is 345 g/mol. The van der Waals surface area contributed by atoms with Crippen LogP contribution in [0.1, 0.15) is 10.4 Å². The van der Waals surface area contributed by atoms with Crippen molar-refractivity contribution in [1.29, 1.82) is 0 Å². The van der Waals surface area contributed by atoms with Crippen LogP contribution in [-0.4, -0.2) is 33.0 Å². The second-order valence-electron chi connectivity index (χ2n) is 5.64. The van der Waals surface area contributed by atoms with Crippen molar-refractivity contribution in [1.82, 2.24) is 19.9 Å². The van der Waals surface area contributed by atoms with Crippen molar-refractivity contribution < 1.29 is 9.53 Å². The number of pyridine rings is 1. The van der Waals surface area contributed by atoms with Crippen LogP contribution in [0.15, 0.2) is 61.4 Å². The van der Waals surface area contributed by atoms with Crippen molar-refractivity contribution in [3.8, 4) is 16.9 Å². The molecule has 2 N–H and O–H groups in total. The summed E-state index contributed by atoms with van der Waals surface area (Å²) in [5.74, 6) is 0.361. The number of carbonyl (C=O) groups is 1. The Balaban J connectivity index is 1.64. The standard InChI is InChI=1S/C19H15N5O2/c1-26-17-7-15(24-19(25)14-8-20-11-21-9-14)2-3-16(17)13-6-12-4-5-22-18(12)23-10-13/h2-11H,1H3,(H,22,23)(H,24,25). The Kier molecular flexibility index (Phi) is 4.03. The minimum Gasteiger partial charge on any atom is -0.496 e. The molecule has 26 heavy (non-hydrogen) atoms. The van der Waals surface area contributed by atoms with Crippen LogP contribution < -0.4 is 10.1 Å². The quantitative estimate of drug-likeness (QED) is 0.592. The fraction of sp³-hybridized carbons (Fsp3) is 0.0526. The van der Waals surface area contributed by atoms with E-state index in [0.29, 0.717) is 17.0 Å². The Morgan fingerprint density at radius 1 is 1.12 bits per heavy atom. The first kappa shape index (κ1) is 15.8. The van der Waals surface area contributed by atoms with Gasteiger partial charge in [-0.05, 0) is 24.3 Å². The summed E-state index contributed by atoms with van der Waals surface area (Å²) in [6, 6.07) is 9.50. The fourth-order valence-electron chi connectivity index (χ4n) is 2.71. The van der Waals surface area contributed by atoms with Crippen LogP contribution in [0.2, 0.25) is 0 Å². The molecule has 0 aliphatic rings. The summed E-state index contributed by atoms with van der Waals surface area (Å²) in [5, 5.41) is 3.84. The lowest BCUT2D eigenvalue weighted by atomic mass is 10.0. The number of ether oxygens (including phenoxy) is 1. The number of hydrogen-bond donors (Lipinski definition) is 2. The molecule has 1 aromatic carbocycles. The van der Waals surface area contributed by atoms with Crippen LogP contribution in [0, 0.1) is 0 Å². The molecule has 0 aliphatic carbocycles. The fourth-order valence-corrected chi connectivity index (χ4v) is 2.71. The van der Waals surface area contributed by atoms with Crippen LogP contribution in [0.5, 0.6) is 5.75 Å². The number of fused-ring (bicyclic) bond motifs is 1. The van der Waals surface area contributed by atoms with E-state index in [2.05, 4.69) is 25.3 Å². The Morgan fingerprint density at radius 2 is 1.96 bits per heavy atom. The topological polar surface area (TPSA) is 92.8 Å². The second-order valence-corrected chi connectivity index (χ2v) is 5.64. The first-order valence-electron chi connectivity index (χ1n) is 7.92. The Labute approximate surface area is 149 Å². The van der Waals surface area contributed by atoms with Gasteiger partial charge in [-0.2, -0.15) is 0 Å². The van der Waals surface area contributed by atoms with Crippen molar-refractivity contribution in [2.45, 2.75) is 0 Å². The molecule has 4 rings (SSSR count). The first-order chi connectivity index (χ1) is 12.7. The summed E-state index contributed by atoms with van der Waals surface area (Å²) in [5.41, 5.74) is 3.67. The molecule has 7 heteroatoms. The van der Waals surface area contributed by atoms with Crippen molar-refractivity contribution in [2.75, 3.05) is 12.4 Å². The third-order valence-corrected chi connectivity index (χ3v) is 3.99. The SMILES string of the molecule is COc1cc(NC(=O)c2cncnc2)ccc1-c1cnc2[nH]ccc2c1. The number of amides is 1. The molecule has 3 aromatic heterocycles. The zero-order chi connectivity index (χ0) is 17.9. The maximum atomic E-state index is 12.2. The van der Waals surface area contributed by atoms with Gasteiger partial charge in [-0.15, -0.1) is 0 Å². The van der Waals surface area contributed by atoms with E-state index in [1.54, 1.807) is 19.4 Å². The maximum absolute atomic E-state index is 12.2. The third kappa shape index (κ3) is 2.98. The van der Waals surface area contributed by atoms with Crippen molar-refractivity contribution >= 4 is 22.6 Å². The molecule has 0 radical (unpaired) electrons. The van der Waals surface area contributed by atoms with Gasteiger partial charge in [0.15, 0.2) is 0 Å². The number of nitrogens with zero attached hydrogens (tertiary/aromatic N) is 3. The molecule has 0 spiro atoms. The molecule has 0 atom stereocenters. The summed E-state index contributed by atoms with van der Waals surface area (Å²) in [6.07, 6.45) is 7.95. The average Bonchev–Trinajstić information content (AvgIpc) is 3.16. The molecule has 7 nitrogen and oxygen atoms in total. The molecule has 1 amide bonds. The summed E-state index contributed by atoms with van der Waals surface area (Å²) < 4.78 is 5.51. The highest BCUT2D eigenvalue weighted by Gasteiger charge is 2.11. The van der Waals surface area contributed by atoms with Gasteiger partial charge in [0.2, 0.25) is 0 Å². The molecule has 128 valence electrons.